The molecule has 152 valence electrons. The zero-order valence-corrected chi connectivity index (χ0v) is 17.7. The van der Waals surface area contributed by atoms with Crippen molar-refractivity contribution in [1.29, 1.82) is 0 Å². The van der Waals surface area contributed by atoms with Gasteiger partial charge in [0.25, 0.3) is 5.91 Å². The first-order chi connectivity index (χ1) is 13.1. The fourth-order valence-corrected chi connectivity index (χ4v) is 4.33. The summed E-state index contributed by atoms with van der Waals surface area (Å²) in [7, 11) is -0.316. The summed E-state index contributed by atoms with van der Waals surface area (Å²) in [5.74, 6) is -1.13. The number of nitrogens with zero attached hydrogens (tertiary/aromatic N) is 2. The van der Waals surface area contributed by atoms with Gasteiger partial charge in [-0.1, -0.05) is 25.4 Å². The second kappa shape index (κ2) is 8.89. The van der Waals surface area contributed by atoms with Crippen LogP contribution >= 0.6 is 11.6 Å². The van der Waals surface area contributed by atoms with Crippen LogP contribution in [0.1, 0.15) is 24.2 Å². The molecule has 0 unspecified atom stereocenters. The predicted molar refractivity (Wildman–Crippen MR) is 110 cm³/mol. The van der Waals surface area contributed by atoms with Gasteiger partial charge in [-0.3, -0.25) is 4.79 Å². The highest BCUT2D eigenvalue weighted by molar-refractivity contribution is 7.89. The molecule has 9 heteroatoms. The summed E-state index contributed by atoms with van der Waals surface area (Å²) >= 11 is 6.12. The van der Waals surface area contributed by atoms with Crippen LogP contribution < -0.4 is 10.2 Å². The zero-order chi connectivity index (χ0) is 21.1. The van der Waals surface area contributed by atoms with E-state index in [4.69, 9.17) is 11.6 Å². The van der Waals surface area contributed by atoms with Gasteiger partial charge in [0.1, 0.15) is 5.82 Å². The molecule has 2 aromatic rings. The first kappa shape index (κ1) is 22.1. The van der Waals surface area contributed by atoms with Crippen LogP contribution in [0.2, 0.25) is 5.02 Å². The third-order valence-electron chi connectivity index (χ3n) is 4.22. The molecule has 28 heavy (non-hydrogen) atoms. The maximum Gasteiger partial charge on any atom is 0.255 e. The summed E-state index contributed by atoms with van der Waals surface area (Å²) in [6.45, 7) is 4.12. The summed E-state index contributed by atoms with van der Waals surface area (Å²) in [4.78, 5) is 14.1. The van der Waals surface area contributed by atoms with E-state index in [1.54, 1.807) is 32.8 Å². The van der Waals surface area contributed by atoms with E-state index in [-0.39, 0.29) is 21.2 Å². The van der Waals surface area contributed by atoms with Gasteiger partial charge in [0, 0.05) is 32.7 Å². The Bertz CT molecular complexity index is 976. The standard InChI is InChI=1S/C19H23ClFN3O3S/c1-5-24(6-2)28(26,27)14-8-9-15(20)17(12-14)22-19(25)13-7-10-18(23(3)4)16(21)11-13/h7-12H,5-6H2,1-4H3,(H,22,25). The molecule has 0 atom stereocenters. The van der Waals surface area contributed by atoms with E-state index in [0.717, 1.165) is 6.07 Å². The molecule has 0 spiro atoms. The van der Waals surface area contributed by atoms with Crippen molar-refractivity contribution in [3.63, 3.8) is 0 Å². The second-order valence-electron chi connectivity index (χ2n) is 6.25. The molecule has 0 bridgehead atoms. The summed E-state index contributed by atoms with van der Waals surface area (Å²) in [6, 6.07) is 8.19. The van der Waals surface area contributed by atoms with Crippen LogP contribution in [0.25, 0.3) is 0 Å². The molecule has 0 aliphatic rings. The highest BCUT2D eigenvalue weighted by Crippen LogP contribution is 2.28. The van der Waals surface area contributed by atoms with E-state index < -0.39 is 21.7 Å². The molecule has 0 radical (unpaired) electrons. The third-order valence-corrected chi connectivity index (χ3v) is 6.60. The van der Waals surface area contributed by atoms with E-state index in [1.807, 2.05) is 0 Å². The summed E-state index contributed by atoms with van der Waals surface area (Å²) in [6.07, 6.45) is 0. The maximum absolute atomic E-state index is 14.1. The molecule has 0 fully saturated rings. The van der Waals surface area contributed by atoms with Crippen molar-refractivity contribution >= 4 is 38.9 Å². The smallest absolute Gasteiger partial charge is 0.255 e. The minimum absolute atomic E-state index is 0.0186. The van der Waals surface area contributed by atoms with Crippen molar-refractivity contribution < 1.29 is 17.6 Å². The van der Waals surface area contributed by atoms with E-state index >= 15 is 0 Å². The van der Waals surface area contributed by atoms with Crippen LogP contribution in [0.15, 0.2) is 41.3 Å². The molecule has 1 amide bonds. The molecule has 6 nitrogen and oxygen atoms in total. The molecule has 2 rings (SSSR count). The van der Waals surface area contributed by atoms with Crippen LogP contribution in [0.5, 0.6) is 0 Å². The highest BCUT2D eigenvalue weighted by Gasteiger charge is 2.23. The van der Waals surface area contributed by atoms with E-state index in [2.05, 4.69) is 5.32 Å². The lowest BCUT2D eigenvalue weighted by Gasteiger charge is -2.19. The fourth-order valence-electron chi connectivity index (χ4n) is 2.68. The maximum atomic E-state index is 14.1. The Labute approximate surface area is 170 Å². The van der Waals surface area contributed by atoms with Crippen LogP contribution in [-0.4, -0.2) is 45.8 Å². The lowest BCUT2D eigenvalue weighted by molar-refractivity contribution is 0.102. The van der Waals surface area contributed by atoms with Gasteiger partial charge in [-0.2, -0.15) is 4.31 Å². The quantitative estimate of drug-likeness (QED) is 0.729. The number of hydrogen-bond donors (Lipinski definition) is 1. The van der Waals surface area contributed by atoms with Crippen LogP contribution in [0, 0.1) is 5.82 Å². The highest BCUT2D eigenvalue weighted by atomic mass is 35.5. The number of hydrogen-bond acceptors (Lipinski definition) is 4. The Kier molecular flexibility index (Phi) is 7.03. The lowest BCUT2D eigenvalue weighted by Crippen LogP contribution is -2.30. The number of amides is 1. The SMILES string of the molecule is CCN(CC)S(=O)(=O)c1ccc(Cl)c(NC(=O)c2ccc(N(C)C)c(F)c2)c1. The minimum atomic E-state index is -3.70. The average molecular weight is 428 g/mol. The van der Waals surface area contributed by atoms with Crippen molar-refractivity contribution in [3.8, 4) is 0 Å². The van der Waals surface area contributed by atoms with Gasteiger partial charge in [0.15, 0.2) is 0 Å². The number of carbonyl (C=O) groups excluding carboxylic acids is 1. The Morgan fingerprint density at radius 2 is 1.75 bits per heavy atom. The van der Waals surface area contributed by atoms with Crippen molar-refractivity contribution in [2.24, 2.45) is 0 Å². The Hall–Kier alpha value is -2.16. The molecule has 0 heterocycles. The molecular formula is C19H23ClFN3O3S. The topological polar surface area (TPSA) is 69.7 Å². The number of benzene rings is 2. The molecule has 0 aliphatic carbocycles. The molecular weight excluding hydrogens is 405 g/mol. The Morgan fingerprint density at radius 3 is 2.29 bits per heavy atom. The van der Waals surface area contributed by atoms with Crippen LogP contribution in [0.4, 0.5) is 15.8 Å². The molecule has 2 aromatic carbocycles. The van der Waals surface area contributed by atoms with E-state index in [1.165, 1.54) is 34.6 Å². The Morgan fingerprint density at radius 1 is 1.11 bits per heavy atom. The number of carbonyl (C=O) groups is 1. The van der Waals surface area contributed by atoms with Gasteiger partial charge >= 0.3 is 0 Å². The lowest BCUT2D eigenvalue weighted by atomic mass is 10.1. The fraction of sp³-hybridized carbons (Fsp3) is 0.316. The average Bonchev–Trinajstić information content (AvgIpc) is 2.63. The molecule has 0 aliphatic heterocycles. The van der Waals surface area contributed by atoms with Gasteiger partial charge in [0.05, 0.1) is 21.3 Å². The number of nitrogens with one attached hydrogen (secondary N) is 1. The number of anilines is 2. The van der Waals surface area contributed by atoms with Gasteiger partial charge < -0.3 is 10.2 Å². The van der Waals surface area contributed by atoms with Crippen LogP contribution in [0.3, 0.4) is 0 Å². The van der Waals surface area contributed by atoms with Crippen molar-refractivity contribution in [3.05, 3.63) is 52.8 Å². The predicted octanol–water partition coefficient (Wildman–Crippen LogP) is 3.83. The summed E-state index contributed by atoms with van der Waals surface area (Å²) in [5, 5.41) is 2.73. The third kappa shape index (κ3) is 4.63. The minimum Gasteiger partial charge on any atom is -0.375 e. The summed E-state index contributed by atoms with van der Waals surface area (Å²) in [5.41, 5.74) is 0.579. The first-order valence-corrected chi connectivity index (χ1v) is 10.5. The second-order valence-corrected chi connectivity index (χ2v) is 8.59. The number of halogens is 2. The molecule has 0 saturated carbocycles. The monoisotopic (exact) mass is 427 g/mol. The zero-order valence-electron chi connectivity index (χ0n) is 16.2. The van der Waals surface area contributed by atoms with Gasteiger partial charge in [-0.25, -0.2) is 12.8 Å². The van der Waals surface area contributed by atoms with Gasteiger partial charge in [-0.15, -0.1) is 0 Å². The first-order valence-electron chi connectivity index (χ1n) is 8.69. The normalized spacial score (nSPS) is 11.5. The summed E-state index contributed by atoms with van der Waals surface area (Å²) < 4.78 is 40.8. The largest absolute Gasteiger partial charge is 0.375 e. The van der Waals surface area contributed by atoms with Crippen molar-refractivity contribution in [1.82, 2.24) is 4.31 Å². The van der Waals surface area contributed by atoms with Crippen molar-refractivity contribution in [2.75, 3.05) is 37.4 Å². The van der Waals surface area contributed by atoms with E-state index in [9.17, 15) is 17.6 Å². The van der Waals surface area contributed by atoms with Crippen molar-refractivity contribution in [2.45, 2.75) is 18.7 Å². The number of rotatable bonds is 7. The van der Waals surface area contributed by atoms with E-state index in [0.29, 0.717) is 18.8 Å². The molecule has 0 saturated heterocycles. The van der Waals surface area contributed by atoms with Gasteiger partial charge in [0.2, 0.25) is 10.0 Å². The molecule has 0 aromatic heterocycles. The number of sulfonamides is 1. The Balaban J connectivity index is 2.34. The van der Waals surface area contributed by atoms with Crippen LogP contribution in [-0.2, 0) is 10.0 Å². The molecule has 1 N–H and O–H groups in total. The van der Waals surface area contributed by atoms with Gasteiger partial charge in [-0.05, 0) is 36.4 Å².